The van der Waals surface area contributed by atoms with E-state index in [2.05, 4.69) is 47.4 Å². The summed E-state index contributed by atoms with van der Waals surface area (Å²) in [6.45, 7) is 1.87. The van der Waals surface area contributed by atoms with Crippen molar-refractivity contribution in [3.63, 3.8) is 0 Å². The fraction of sp³-hybridized carbons (Fsp3) is 0.0909. The van der Waals surface area contributed by atoms with Gasteiger partial charge in [0.25, 0.3) is 5.91 Å². The number of H-pyrrole nitrogens is 1. The number of aromatic nitrogens is 2. The minimum atomic E-state index is -0.198. The highest BCUT2D eigenvalue weighted by atomic mass is 79.9. The first-order valence-corrected chi connectivity index (χ1v) is 6.43. The van der Waals surface area contributed by atoms with E-state index in [0.717, 1.165) is 14.6 Å². The van der Waals surface area contributed by atoms with Gasteiger partial charge in [-0.3, -0.25) is 9.89 Å². The summed E-state index contributed by atoms with van der Waals surface area (Å²) in [7, 11) is 0. The second kappa shape index (κ2) is 5.01. The molecular weight excluding hydrogens is 350 g/mol. The van der Waals surface area contributed by atoms with Crippen LogP contribution >= 0.6 is 31.9 Å². The van der Waals surface area contributed by atoms with Gasteiger partial charge in [0.15, 0.2) is 5.82 Å². The molecular formula is C11H9Br2N3O. The number of carbonyl (C=O) groups excluding carboxylic acids is 1. The number of amides is 1. The van der Waals surface area contributed by atoms with E-state index in [-0.39, 0.29) is 5.91 Å². The Labute approximate surface area is 115 Å². The lowest BCUT2D eigenvalue weighted by Crippen LogP contribution is -2.12. The molecule has 0 saturated heterocycles. The molecule has 1 aromatic heterocycles. The molecule has 0 aliphatic heterocycles. The number of aryl methyl sites for hydroxylation is 1. The zero-order chi connectivity index (χ0) is 12.4. The molecule has 0 spiro atoms. The van der Waals surface area contributed by atoms with Crippen LogP contribution in [-0.4, -0.2) is 16.1 Å². The maximum Gasteiger partial charge on any atom is 0.258 e. The van der Waals surface area contributed by atoms with Crippen molar-refractivity contribution in [1.82, 2.24) is 10.2 Å². The maximum absolute atomic E-state index is 11.9. The summed E-state index contributed by atoms with van der Waals surface area (Å²) >= 11 is 6.68. The third-order valence-corrected chi connectivity index (χ3v) is 3.27. The van der Waals surface area contributed by atoms with Crippen LogP contribution in [0.4, 0.5) is 5.82 Å². The van der Waals surface area contributed by atoms with Crippen molar-refractivity contribution in [3.8, 4) is 0 Å². The third-order valence-electron chi connectivity index (χ3n) is 2.12. The summed E-state index contributed by atoms with van der Waals surface area (Å²) in [5, 5.41) is 9.42. The highest BCUT2D eigenvalue weighted by Gasteiger charge is 2.11. The van der Waals surface area contributed by atoms with Crippen LogP contribution in [0.25, 0.3) is 0 Å². The molecule has 4 nitrogen and oxygen atoms in total. The average molecular weight is 359 g/mol. The molecule has 2 N–H and O–H groups in total. The molecule has 88 valence electrons. The molecule has 2 aromatic rings. The van der Waals surface area contributed by atoms with Gasteiger partial charge in [0.05, 0.1) is 5.56 Å². The minimum absolute atomic E-state index is 0.198. The van der Waals surface area contributed by atoms with E-state index in [1.807, 2.05) is 19.1 Å². The number of nitrogens with zero attached hydrogens (tertiary/aromatic N) is 1. The van der Waals surface area contributed by atoms with Gasteiger partial charge in [-0.2, -0.15) is 5.10 Å². The number of rotatable bonds is 2. The Bertz CT molecular complexity index is 566. The monoisotopic (exact) mass is 357 g/mol. The number of carbonyl (C=O) groups is 1. The van der Waals surface area contributed by atoms with Crippen LogP contribution in [-0.2, 0) is 0 Å². The van der Waals surface area contributed by atoms with Crippen LogP contribution in [0, 0.1) is 6.92 Å². The molecule has 1 amide bonds. The predicted molar refractivity (Wildman–Crippen MR) is 73.1 cm³/mol. The molecule has 6 heteroatoms. The Morgan fingerprint density at radius 3 is 2.71 bits per heavy atom. The topological polar surface area (TPSA) is 57.8 Å². The van der Waals surface area contributed by atoms with Crippen molar-refractivity contribution in [2.24, 2.45) is 0 Å². The van der Waals surface area contributed by atoms with Crippen molar-refractivity contribution in [3.05, 3.63) is 44.5 Å². The van der Waals surface area contributed by atoms with Gasteiger partial charge in [0.1, 0.15) is 0 Å². The summed E-state index contributed by atoms with van der Waals surface area (Å²) in [5.74, 6) is 0.318. The molecule has 1 heterocycles. The Morgan fingerprint density at radius 1 is 1.35 bits per heavy atom. The lowest BCUT2D eigenvalue weighted by Gasteiger charge is -2.04. The molecule has 0 radical (unpaired) electrons. The van der Waals surface area contributed by atoms with Gasteiger partial charge in [-0.1, -0.05) is 15.9 Å². The molecule has 0 bridgehead atoms. The zero-order valence-electron chi connectivity index (χ0n) is 8.92. The largest absolute Gasteiger partial charge is 0.305 e. The third kappa shape index (κ3) is 2.95. The van der Waals surface area contributed by atoms with Crippen molar-refractivity contribution >= 4 is 43.6 Å². The maximum atomic E-state index is 11.9. The summed E-state index contributed by atoms with van der Waals surface area (Å²) in [6, 6.07) is 7.15. The second-order valence-electron chi connectivity index (χ2n) is 3.51. The fourth-order valence-electron chi connectivity index (χ4n) is 1.34. The molecule has 0 atom stereocenters. The van der Waals surface area contributed by atoms with Gasteiger partial charge in [0.2, 0.25) is 0 Å². The van der Waals surface area contributed by atoms with E-state index in [1.165, 1.54) is 0 Å². The van der Waals surface area contributed by atoms with E-state index >= 15 is 0 Å². The Kier molecular flexibility index (Phi) is 3.63. The number of anilines is 1. The van der Waals surface area contributed by atoms with E-state index in [4.69, 9.17) is 0 Å². The van der Waals surface area contributed by atoms with Crippen molar-refractivity contribution in [2.45, 2.75) is 6.92 Å². The van der Waals surface area contributed by atoms with Gasteiger partial charge < -0.3 is 5.32 Å². The van der Waals surface area contributed by atoms with Gasteiger partial charge in [0, 0.05) is 20.7 Å². The average Bonchev–Trinajstić information content (AvgIpc) is 2.63. The first kappa shape index (κ1) is 12.3. The normalized spacial score (nSPS) is 10.3. The molecule has 0 unspecified atom stereocenters. The summed E-state index contributed by atoms with van der Waals surface area (Å²) in [4.78, 5) is 11.9. The molecule has 0 saturated carbocycles. The number of aromatic amines is 1. The first-order chi connectivity index (χ1) is 8.06. The molecule has 17 heavy (non-hydrogen) atoms. The fourth-order valence-corrected chi connectivity index (χ4v) is 2.57. The molecule has 2 rings (SSSR count). The SMILES string of the molecule is Cc1cc(NC(=O)c2ccc(Br)cc2Br)n[nH]1. The summed E-state index contributed by atoms with van der Waals surface area (Å²) < 4.78 is 1.65. The standard InChI is InChI=1S/C11H9Br2N3O/c1-6-4-10(16-15-6)14-11(17)8-3-2-7(12)5-9(8)13/h2-5H,1H3,(H2,14,15,16,17). The van der Waals surface area contributed by atoms with Gasteiger partial charge in [-0.05, 0) is 41.1 Å². The van der Waals surface area contributed by atoms with Gasteiger partial charge in [-0.25, -0.2) is 0 Å². The van der Waals surface area contributed by atoms with Crippen LogP contribution in [0.1, 0.15) is 16.1 Å². The van der Waals surface area contributed by atoms with E-state index in [0.29, 0.717) is 11.4 Å². The quantitative estimate of drug-likeness (QED) is 0.863. The van der Waals surface area contributed by atoms with Crippen LogP contribution in [0.5, 0.6) is 0 Å². The zero-order valence-corrected chi connectivity index (χ0v) is 12.1. The van der Waals surface area contributed by atoms with E-state index < -0.39 is 0 Å². The summed E-state index contributed by atoms with van der Waals surface area (Å²) in [5.41, 5.74) is 1.46. The van der Waals surface area contributed by atoms with E-state index in [1.54, 1.807) is 12.1 Å². The second-order valence-corrected chi connectivity index (χ2v) is 5.28. The summed E-state index contributed by atoms with van der Waals surface area (Å²) in [6.07, 6.45) is 0. The van der Waals surface area contributed by atoms with Crippen LogP contribution in [0.3, 0.4) is 0 Å². The van der Waals surface area contributed by atoms with Crippen molar-refractivity contribution in [1.29, 1.82) is 0 Å². The van der Waals surface area contributed by atoms with Crippen LogP contribution < -0.4 is 5.32 Å². The number of hydrogen-bond acceptors (Lipinski definition) is 2. The number of benzene rings is 1. The highest BCUT2D eigenvalue weighted by molar-refractivity contribution is 9.11. The Hall–Kier alpha value is -1.14. The number of nitrogens with one attached hydrogen (secondary N) is 2. The lowest BCUT2D eigenvalue weighted by atomic mass is 10.2. The first-order valence-electron chi connectivity index (χ1n) is 4.84. The molecule has 0 fully saturated rings. The predicted octanol–water partition coefficient (Wildman–Crippen LogP) is 3.50. The van der Waals surface area contributed by atoms with Gasteiger partial charge in [-0.15, -0.1) is 0 Å². The molecule has 1 aromatic carbocycles. The minimum Gasteiger partial charge on any atom is -0.305 e. The Balaban J connectivity index is 2.20. The van der Waals surface area contributed by atoms with Gasteiger partial charge >= 0.3 is 0 Å². The smallest absolute Gasteiger partial charge is 0.258 e. The van der Waals surface area contributed by atoms with Crippen LogP contribution in [0.2, 0.25) is 0 Å². The molecule has 0 aliphatic carbocycles. The Morgan fingerprint density at radius 2 is 2.12 bits per heavy atom. The van der Waals surface area contributed by atoms with E-state index in [9.17, 15) is 4.79 Å². The van der Waals surface area contributed by atoms with Crippen molar-refractivity contribution in [2.75, 3.05) is 5.32 Å². The lowest BCUT2D eigenvalue weighted by molar-refractivity contribution is 0.102. The number of halogens is 2. The highest BCUT2D eigenvalue weighted by Crippen LogP contribution is 2.22. The number of hydrogen-bond donors (Lipinski definition) is 2. The molecule has 0 aliphatic rings. The van der Waals surface area contributed by atoms with Crippen molar-refractivity contribution < 1.29 is 4.79 Å². The van der Waals surface area contributed by atoms with Crippen LogP contribution in [0.15, 0.2) is 33.2 Å².